The second-order valence-corrected chi connectivity index (χ2v) is 5.68. The third kappa shape index (κ3) is 1.25. The molecule has 18 heavy (non-hydrogen) atoms. The van der Waals surface area contributed by atoms with Crippen LogP contribution in [0, 0.1) is 10.1 Å². The Bertz CT molecular complexity index is 679. The number of nitro benzene ring substituents is 1. The van der Waals surface area contributed by atoms with Crippen molar-refractivity contribution in [2.45, 2.75) is 24.6 Å². The van der Waals surface area contributed by atoms with E-state index in [-0.39, 0.29) is 21.4 Å². The molecule has 0 saturated carbocycles. The highest BCUT2D eigenvalue weighted by Gasteiger charge is 2.40. The Morgan fingerprint density at radius 2 is 2.00 bits per heavy atom. The fourth-order valence-electron chi connectivity index (χ4n) is 2.85. The molecular weight excluding hydrogens is 250 g/mol. The van der Waals surface area contributed by atoms with Crippen molar-refractivity contribution in [1.82, 2.24) is 0 Å². The molecule has 1 unspecified atom stereocenters. The van der Waals surface area contributed by atoms with Crippen LogP contribution in [0.4, 0.5) is 5.69 Å². The minimum absolute atomic E-state index is 0.141. The van der Waals surface area contributed by atoms with Crippen LogP contribution in [-0.2, 0) is 5.41 Å². The summed E-state index contributed by atoms with van der Waals surface area (Å²) in [7, 11) is 0. The van der Waals surface area contributed by atoms with Crippen molar-refractivity contribution in [3.8, 4) is 0 Å². The van der Waals surface area contributed by atoms with E-state index in [2.05, 4.69) is 13.8 Å². The van der Waals surface area contributed by atoms with Gasteiger partial charge in [0.1, 0.15) is 0 Å². The first-order chi connectivity index (χ1) is 8.44. The molecule has 4 heteroatoms. The summed E-state index contributed by atoms with van der Waals surface area (Å²) in [4.78, 5) is 10.7. The fourth-order valence-corrected chi connectivity index (χ4v) is 3.15. The monoisotopic (exact) mass is 261 g/mol. The summed E-state index contributed by atoms with van der Waals surface area (Å²) in [5.74, 6) is 0. The maximum Gasteiger partial charge on any atom is 0.277 e. The van der Waals surface area contributed by atoms with Gasteiger partial charge in [-0.25, -0.2) is 0 Å². The largest absolute Gasteiger partial charge is 0.277 e. The Labute approximate surface area is 110 Å². The van der Waals surface area contributed by atoms with Crippen molar-refractivity contribution < 1.29 is 4.92 Å². The lowest BCUT2D eigenvalue weighted by Crippen LogP contribution is -2.17. The lowest BCUT2D eigenvalue weighted by molar-refractivity contribution is -0.383. The van der Waals surface area contributed by atoms with Gasteiger partial charge < -0.3 is 0 Å². The molecule has 3 nitrogen and oxygen atoms in total. The summed E-state index contributed by atoms with van der Waals surface area (Å²) >= 11 is 6.50. The molecule has 0 fully saturated rings. The second kappa shape index (κ2) is 3.45. The molecule has 2 aromatic rings. The van der Waals surface area contributed by atoms with E-state index in [1.165, 1.54) is 0 Å². The number of nitro groups is 1. The number of rotatable bonds is 1. The molecule has 92 valence electrons. The molecule has 0 radical (unpaired) electrons. The molecule has 3 rings (SSSR count). The number of alkyl halides is 1. The molecule has 1 atom stereocenters. The first-order valence-electron chi connectivity index (χ1n) is 5.79. The van der Waals surface area contributed by atoms with Crippen molar-refractivity contribution in [2.24, 2.45) is 0 Å². The maximum atomic E-state index is 11.1. The highest BCUT2D eigenvalue weighted by Crippen LogP contribution is 2.53. The summed E-state index contributed by atoms with van der Waals surface area (Å²) in [5.41, 5.74) is 2.05. The zero-order valence-electron chi connectivity index (χ0n) is 10.1. The van der Waals surface area contributed by atoms with E-state index in [9.17, 15) is 10.1 Å². The minimum atomic E-state index is -0.336. The quantitative estimate of drug-likeness (QED) is 0.436. The van der Waals surface area contributed by atoms with Crippen LogP contribution in [0.2, 0.25) is 0 Å². The van der Waals surface area contributed by atoms with Crippen molar-refractivity contribution in [3.63, 3.8) is 0 Å². The Hall–Kier alpha value is -1.61. The van der Waals surface area contributed by atoms with Gasteiger partial charge in [0.25, 0.3) is 5.69 Å². The Morgan fingerprint density at radius 1 is 1.28 bits per heavy atom. The van der Waals surface area contributed by atoms with Gasteiger partial charge in [0.05, 0.1) is 15.7 Å². The first kappa shape index (κ1) is 11.5. The number of halogens is 1. The number of nitrogens with zero attached hydrogens (tertiary/aromatic N) is 1. The van der Waals surface area contributed by atoms with Crippen LogP contribution in [0.1, 0.15) is 30.4 Å². The number of hydrogen-bond acceptors (Lipinski definition) is 2. The van der Waals surface area contributed by atoms with E-state index in [4.69, 9.17) is 11.6 Å². The number of benzene rings is 2. The van der Waals surface area contributed by atoms with Crippen LogP contribution < -0.4 is 0 Å². The van der Waals surface area contributed by atoms with Gasteiger partial charge in [0.15, 0.2) is 0 Å². The number of non-ortho nitro benzene ring substituents is 1. The van der Waals surface area contributed by atoms with Crippen molar-refractivity contribution in [1.29, 1.82) is 0 Å². The highest BCUT2D eigenvalue weighted by atomic mass is 35.5. The molecule has 0 N–H and O–H groups in total. The summed E-state index contributed by atoms with van der Waals surface area (Å²) in [5, 5.41) is 12.6. The third-order valence-electron chi connectivity index (χ3n) is 3.85. The molecule has 0 heterocycles. The highest BCUT2D eigenvalue weighted by molar-refractivity contribution is 6.24. The van der Waals surface area contributed by atoms with Crippen molar-refractivity contribution >= 4 is 28.1 Å². The standard InChI is InChI=1S/C14H12ClNO2/c1-14(2)10-5-3-4-8-11(16(17)18)7-6-9(12(8)10)13(14)15/h3-7,13H,1-2H3. The van der Waals surface area contributed by atoms with E-state index in [1.54, 1.807) is 18.2 Å². The first-order valence-corrected chi connectivity index (χ1v) is 6.23. The fraction of sp³-hybridized carbons (Fsp3) is 0.286. The van der Waals surface area contributed by atoms with Crippen molar-refractivity contribution in [2.75, 3.05) is 0 Å². The normalized spacial score (nSPS) is 20.3. The van der Waals surface area contributed by atoms with Crippen LogP contribution in [0.5, 0.6) is 0 Å². The van der Waals surface area contributed by atoms with Gasteiger partial charge in [-0.1, -0.05) is 32.0 Å². The van der Waals surface area contributed by atoms with E-state index in [0.717, 1.165) is 16.5 Å². The molecule has 0 aromatic heterocycles. The van der Waals surface area contributed by atoms with Gasteiger partial charge in [-0.2, -0.15) is 0 Å². The summed E-state index contributed by atoms with van der Waals surface area (Å²) in [6, 6.07) is 9.02. The third-order valence-corrected chi connectivity index (χ3v) is 4.63. The van der Waals surface area contributed by atoms with Gasteiger partial charge >= 0.3 is 0 Å². The zero-order chi connectivity index (χ0) is 13.1. The molecule has 0 saturated heterocycles. The van der Waals surface area contributed by atoms with Crippen LogP contribution >= 0.6 is 11.6 Å². The second-order valence-electron chi connectivity index (χ2n) is 5.24. The Morgan fingerprint density at radius 3 is 2.67 bits per heavy atom. The van der Waals surface area contributed by atoms with Gasteiger partial charge in [0.2, 0.25) is 0 Å². The van der Waals surface area contributed by atoms with E-state index >= 15 is 0 Å². The molecule has 0 amide bonds. The molecule has 2 aromatic carbocycles. The molecule has 0 aliphatic heterocycles. The topological polar surface area (TPSA) is 43.1 Å². The predicted octanol–water partition coefficient (Wildman–Crippen LogP) is 4.32. The average molecular weight is 262 g/mol. The van der Waals surface area contributed by atoms with E-state index in [1.807, 2.05) is 12.1 Å². The average Bonchev–Trinajstić information content (AvgIpc) is 2.53. The Kier molecular flexibility index (Phi) is 2.20. The molecule has 1 aliphatic rings. The number of hydrogen-bond donors (Lipinski definition) is 0. The molecule has 1 aliphatic carbocycles. The smallest absolute Gasteiger partial charge is 0.258 e. The van der Waals surface area contributed by atoms with Crippen LogP contribution in [0.25, 0.3) is 10.8 Å². The van der Waals surface area contributed by atoms with Crippen LogP contribution in [0.3, 0.4) is 0 Å². The molecular formula is C14H12ClNO2. The lowest BCUT2D eigenvalue weighted by atomic mass is 9.85. The SMILES string of the molecule is CC1(C)c2cccc3c([N+](=O)[O-])ccc(c23)C1Cl. The Balaban J connectivity index is 2.48. The van der Waals surface area contributed by atoms with Crippen LogP contribution in [0.15, 0.2) is 30.3 Å². The molecule has 0 spiro atoms. The van der Waals surface area contributed by atoms with Crippen LogP contribution in [-0.4, -0.2) is 4.92 Å². The summed E-state index contributed by atoms with van der Waals surface area (Å²) in [6.07, 6.45) is 0. The summed E-state index contributed by atoms with van der Waals surface area (Å²) < 4.78 is 0. The van der Waals surface area contributed by atoms with Gasteiger partial charge in [0, 0.05) is 11.5 Å². The van der Waals surface area contributed by atoms with E-state index < -0.39 is 0 Å². The van der Waals surface area contributed by atoms with Gasteiger partial charge in [-0.15, -0.1) is 11.6 Å². The summed E-state index contributed by atoms with van der Waals surface area (Å²) in [6.45, 7) is 4.15. The zero-order valence-corrected chi connectivity index (χ0v) is 10.9. The maximum absolute atomic E-state index is 11.1. The molecule has 0 bridgehead atoms. The van der Waals surface area contributed by atoms with Gasteiger partial charge in [-0.3, -0.25) is 10.1 Å². The predicted molar refractivity (Wildman–Crippen MR) is 72.2 cm³/mol. The van der Waals surface area contributed by atoms with E-state index in [0.29, 0.717) is 5.39 Å². The van der Waals surface area contributed by atoms with Crippen molar-refractivity contribution in [3.05, 3.63) is 51.6 Å². The minimum Gasteiger partial charge on any atom is -0.258 e. The van der Waals surface area contributed by atoms with Gasteiger partial charge in [-0.05, 0) is 22.6 Å². The lowest BCUT2D eigenvalue weighted by Gasteiger charge is -2.24.